The number of fused-ring (bicyclic) bond motifs is 1. The largest absolute Gasteiger partial charge is 0.481 e. The number of carbonyl (C=O) groups is 1. The number of ether oxygens (including phenoxy) is 2. The van der Waals surface area contributed by atoms with Crippen molar-refractivity contribution in [2.75, 3.05) is 6.79 Å². The van der Waals surface area contributed by atoms with E-state index in [-0.39, 0.29) is 6.79 Å². The van der Waals surface area contributed by atoms with Crippen LogP contribution in [-0.2, 0) is 10.2 Å². The number of rotatable bonds is 2. The molecule has 2 aliphatic rings. The fraction of sp³-hybridized carbons (Fsp3) is 0.462. The number of carboxylic acids is 1. The number of hydrogen-bond acceptors (Lipinski definition) is 3. The van der Waals surface area contributed by atoms with Crippen LogP contribution in [0.1, 0.15) is 31.2 Å². The third-order valence-corrected chi connectivity index (χ3v) is 4.65. The topological polar surface area (TPSA) is 55.8 Å². The smallest absolute Gasteiger partial charge is 0.314 e. The van der Waals surface area contributed by atoms with Crippen molar-refractivity contribution >= 4 is 21.9 Å². The first-order valence-corrected chi connectivity index (χ1v) is 6.76. The maximum atomic E-state index is 11.7. The van der Waals surface area contributed by atoms with Gasteiger partial charge in [0.25, 0.3) is 0 Å². The van der Waals surface area contributed by atoms with Gasteiger partial charge in [-0.05, 0) is 40.4 Å². The molecule has 5 heteroatoms. The number of halogens is 1. The summed E-state index contributed by atoms with van der Waals surface area (Å²) >= 11 is 3.48. The number of hydrogen-bond donors (Lipinski definition) is 1. The molecular weight excluding hydrogens is 300 g/mol. The second kappa shape index (κ2) is 4.16. The first-order valence-electron chi connectivity index (χ1n) is 5.97. The molecule has 1 aromatic carbocycles. The van der Waals surface area contributed by atoms with Crippen LogP contribution >= 0.6 is 15.9 Å². The predicted octanol–water partition coefficient (Wildman–Crippen LogP) is 3.07. The average molecular weight is 313 g/mol. The van der Waals surface area contributed by atoms with E-state index >= 15 is 0 Å². The minimum Gasteiger partial charge on any atom is -0.481 e. The summed E-state index contributed by atoms with van der Waals surface area (Å²) in [5.74, 6) is 0.545. The van der Waals surface area contributed by atoms with Crippen LogP contribution in [0.25, 0.3) is 0 Å². The molecular formula is C13H13BrO4. The summed E-state index contributed by atoms with van der Waals surface area (Å²) in [5.41, 5.74) is 0.0246. The molecule has 4 nitrogen and oxygen atoms in total. The van der Waals surface area contributed by atoms with Gasteiger partial charge in [0, 0.05) is 0 Å². The summed E-state index contributed by atoms with van der Waals surface area (Å²) in [7, 11) is 0. The second-order valence-electron chi connectivity index (χ2n) is 4.76. The zero-order valence-electron chi connectivity index (χ0n) is 9.74. The Hall–Kier alpha value is -1.23. The Kier molecular flexibility index (Phi) is 2.73. The lowest BCUT2D eigenvalue weighted by atomic mass is 9.79. The van der Waals surface area contributed by atoms with E-state index in [1.807, 2.05) is 6.07 Å². The van der Waals surface area contributed by atoms with Crippen molar-refractivity contribution in [2.24, 2.45) is 0 Å². The van der Waals surface area contributed by atoms with Crippen LogP contribution in [0.3, 0.4) is 0 Å². The monoisotopic (exact) mass is 312 g/mol. The Bertz CT molecular complexity index is 506. The first-order chi connectivity index (χ1) is 8.65. The third-order valence-electron chi connectivity index (χ3n) is 3.86. The molecule has 3 rings (SSSR count). The molecule has 0 bridgehead atoms. The van der Waals surface area contributed by atoms with Crippen LogP contribution in [0, 0.1) is 0 Å². The highest BCUT2D eigenvalue weighted by atomic mass is 79.9. The first kappa shape index (κ1) is 11.8. The molecule has 0 saturated heterocycles. The van der Waals surface area contributed by atoms with Gasteiger partial charge in [0.15, 0.2) is 11.5 Å². The van der Waals surface area contributed by atoms with Crippen molar-refractivity contribution in [3.8, 4) is 11.5 Å². The van der Waals surface area contributed by atoms with E-state index in [1.54, 1.807) is 6.07 Å². The molecule has 1 aliphatic heterocycles. The zero-order chi connectivity index (χ0) is 12.8. The van der Waals surface area contributed by atoms with Gasteiger partial charge in [0.1, 0.15) is 0 Å². The molecule has 0 radical (unpaired) electrons. The maximum Gasteiger partial charge on any atom is 0.314 e. The standard InChI is InChI=1S/C13H13BrO4/c14-10-8(3-4-9-11(10)18-7-17-9)13(12(15)16)5-1-2-6-13/h3-4H,1-2,5-7H2,(H,15,16). The molecule has 0 atom stereocenters. The van der Waals surface area contributed by atoms with Gasteiger partial charge >= 0.3 is 5.97 Å². The fourth-order valence-corrected chi connectivity index (χ4v) is 3.71. The van der Waals surface area contributed by atoms with E-state index in [4.69, 9.17) is 9.47 Å². The van der Waals surface area contributed by atoms with E-state index in [9.17, 15) is 9.90 Å². The van der Waals surface area contributed by atoms with Gasteiger partial charge in [-0.15, -0.1) is 0 Å². The Balaban J connectivity index is 2.14. The van der Waals surface area contributed by atoms with Gasteiger partial charge in [-0.25, -0.2) is 0 Å². The van der Waals surface area contributed by atoms with Gasteiger partial charge in [0.2, 0.25) is 6.79 Å². The van der Waals surface area contributed by atoms with E-state index in [2.05, 4.69) is 15.9 Å². The predicted molar refractivity (Wildman–Crippen MR) is 68.0 cm³/mol. The maximum absolute atomic E-state index is 11.7. The lowest BCUT2D eigenvalue weighted by Gasteiger charge is -2.26. The van der Waals surface area contributed by atoms with Gasteiger partial charge in [-0.2, -0.15) is 0 Å². The Labute approximate surface area is 113 Å². The summed E-state index contributed by atoms with van der Waals surface area (Å²) in [6.07, 6.45) is 3.27. The lowest BCUT2D eigenvalue weighted by molar-refractivity contribution is -0.143. The van der Waals surface area contributed by atoms with E-state index < -0.39 is 11.4 Å². The number of carboxylic acid groups (broad SMARTS) is 1. The molecule has 1 saturated carbocycles. The molecule has 1 aliphatic carbocycles. The Morgan fingerprint density at radius 2 is 2.00 bits per heavy atom. The summed E-state index contributed by atoms with van der Waals surface area (Å²) in [4.78, 5) is 11.7. The Morgan fingerprint density at radius 3 is 2.67 bits per heavy atom. The van der Waals surface area contributed by atoms with Crippen molar-refractivity contribution in [3.63, 3.8) is 0 Å². The summed E-state index contributed by atoms with van der Waals surface area (Å²) in [6.45, 7) is 0.192. The van der Waals surface area contributed by atoms with Gasteiger partial charge in [-0.1, -0.05) is 18.9 Å². The molecule has 1 N–H and O–H groups in total. The summed E-state index contributed by atoms with van der Waals surface area (Å²) < 4.78 is 11.4. The number of aliphatic carboxylic acids is 1. The fourth-order valence-electron chi connectivity index (χ4n) is 2.88. The van der Waals surface area contributed by atoms with E-state index in [1.165, 1.54) is 0 Å². The van der Waals surface area contributed by atoms with Crippen molar-refractivity contribution in [1.29, 1.82) is 0 Å². The minimum atomic E-state index is -0.778. The Morgan fingerprint density at radius 1 is 1.28 bits per heavy atom. The molecule has 0 spiro atoms. The molecule has 1 heterocycles. The van der Waals surface area contributed by atoms with Crippen LogP contribution in [-0.4, -0.2) is 17.9 Å². The molecule has 96 valence electrons. The van der Waals surface area contributed by atoms with Crippen LogP contribution in [0.15, 0.2) is 16.6 Å². The molecule has 0 amide bonds. The van der Waals surface area contributed by atoms with Crippen molar-refractivity contribution in [3.05, 3.63) is 22.2 Å². The normalized spacial score (nSPS) is 20.1. The van der Waals surface area contributed by atoms with Crippen LogP contribution in [0.4, 0.5) is 0 Å². The van der Waals surface area contributed by atoms with E-state index in [0.29, 0.717) is 24.3 Å². The summed E-state index contributed by atoms with van der Waals surface area (Å²) in [5, 5.41) is 9.60. The third kappa shape index (κ3) is 1.53. The molecule has 18 heavy (non-hydrogen) atoms. The second-order valence-corrected chi connectivity index (χ2v) is 5.55. The van der Waals surface area contributed by atoms with Gasteiger partial charge in [0.05, 0.1) is 9.89 Å². The molecule has 1 fully saturated rings. The zero-order valence-corrected chi connectivity index (χ0v) is 11.3. The van der Waals surface area contributed by atoms with Gasteiger partial charge < -0.3 is 14.6 Å². The highest BCUT2D eigenvalue weighted by Crippen LogP contribution is 2.49. The average Bonchev–Trinajstić information content (AvgIpc) is 2.98. The molecule has 0 unspecified atom stereocenters. The van der Waals surface area contributed by atoms with Gasteiger partial charge in [-0.3, -0.25) is 4.79 Å². The van der Waals surface area contributed by atoms with Crippen molar-refractivity contribution in [1.82, 2.24) is 0 Å². The van der Waals surface area contributed by atoms with E-state index in [0.717, 1.165) is 22.9 Å². The molecule has 1 aromatic rings. The minimum absolute atomic E-state index is 0.192. The van der Waals surface area contributed by atoms with Crippen LogP contribution in [0.5, 0.6) is 11.5 Å². The highest BCUT2D eigenvalue weighted by Gasteiger charge is 2.45. The van der Waals surface area contributed by atoms with Crippen molar-refractivity contribution < 1.29 is 19.4 Å². The molecule has 0 aromatic heterocycles. The highest BCUT2D eigenvalue weighted by molar-refractivity contribution is 9.10. The SMILES string of the molecule is O=C(O)C1(c2ccc3c(c2Br)OCO3)CCCC1. The quantitative estimate of drug-likeness (QED) is 0.911. The lowest BCUT2D eigenvalue weighted by Crippen LogP contribution is -2.33. The van der Waals surface area contributed by atoms with Crippen LogP contribution < -0.4 is 9.47 Å². The number of benzene rings is 1. The van der Waals surface area contributed by atoms with Crippen LogP contribution in [0.2, 0.25) is 0 Å². The summed E-state index contributed by atoms with van der Waals surface area (Å²) in [6, 6.07) is 3.64. The van der Waals surface area contributed by atoms with Crippen molar-refractivity contribution in [2.45, 2.75) is 31.1 Å².